The van der Waals surface area contributed by atoms with E-state index in [2.05, 4.69) is 26.2 Å². The number of para-hydroxylation sites is 1. The van der Waals surface area contributed by atoms with Gasteiger partial charge in [0.25, 0.3) is 0 Å². The molecule has 18 heavy (non-hydrogen) atoms. The molecule has 0 unspecified atom stereocenters. The van der Waals surface area contributed by atoms with E-state index in [1.807, 2.05) is 24.3 Å². The Morgan fingerprint density at radius 1 is 1.44 bits per heavy atom. The minimum absolute atomic E-state index is 0.122. The Bertz CT molecular complexity index is 554. The molecule has 1 aromatic carbocycles. The number of hydrogen-bond donors (Lipinski definition) is 2. The molecule has 0 radical (unpaired) electrons. The SMILES string of the molecule is O=C(Cn1ccnc1CO)Nc1ccccc1Br. The number of aromatic nitrogens is 2. The summed E-state index contributed by atoms with van der Waals surface area (Å²) in [6, 6.07) is 7.38. The first-order chi connectivity index (χ1) is 8.70. The molecule has 1 amide bonds. The lowest BCUT2D eigenvalue weighted by molar-refractivity contribution is -0.116. The number of carbonyl (C=O) groups is 1. The number of nitrogens with one attached hydrogen (secondary N) is 1. The molecule has 0 saturated heterocycles. The standard InChI is InChI=1S/C12H12BrN3O2/c13-9-3-1-2-4-10(9)15-12(18)7-16-6-5-14-11(16)8-17/h1-6,17H,7-8H2,(H,15,18). The van der Waals surface area contributed by atoms with Gasteiger partial charge in [-0.05, 0) is 28.1 Å². The van der Waals surface area contributed by atoms with E-state index in [9.17, 15) is 4.79 Å². The summed E-state index contributed by atoms with van der Waals surface area (Å²) in [7, 11) is 0. The summed E-state index contributed by atoms with van der Waals surface area (Å²) in [5.41, 5.74) is 0.716. The number of amides is 1. The van der Waals surface area contributed by atoms with Gasteiger partial charge in [-0.15, -0.1) is 0 Å². The lowest BCUT2D eigenvalue weighted by atomic mass is 10.3. The number of carbonyl (C=O) groups excluding carboxylic acids is 1. The highest BCUT2D eigenvalue weighted by Gasteiger charge is 2.08. The summed E-state index contributed by atoms with van der Waals surface area (Å²) in [4.78, 5) is 15.8. The van der Waals surface area contributed by atoms with Crippen molar-refractivity contribution >= 4 is 27.5 Å². The van der Waals surface area contributed by atoms with Gasteiger partial charge < -0.3 is 15.0 Å². The minimum atomic E-state index is -0.185. The number of rotatable bonds is 4. The average Bonchev–Trinajstić information content (AvgIpc) is 2.79. The Labute approximate surface area is 113 Å². The lowest BCUT2D eigenvalue weighted by Gasteiger charge is -2.09. The van der Waals surface area contributed by atoms with Crippen LogP contribution in [0.2, 0.25) is 0 Å². The van der Waals surface area contributed by atoms with E-state index in [1.165, 1.54) is 0 Å². The van der Waals surface area contributed by atoms with Crippen LogP contribution in [0, 0.1) is 0 Å². The Hall–Kier alpha value is -1.66. The van der Waals surface area contributed by atoms with Gasteiger partial charge in [-0.25, -0.2) is 4.98 Å². The largest absolute Gasteiger partial charge is 0.388 e. The topological polar surface area (TPSA) is 67.2 Å². The number of nitrogens with zero attached hydrogens (tertiary/aromatic N) is 2. The Kier molecular flexibility index (Phi) is 4.11. The monoisotopic (exact) mass is 309 g/mol. The molecule has 0 spiro atoms. The van der Waals surface area contributed by atoms with Gasteiger partial charge >= 0.3 is 0 Å². The van der Waals surface area contributed by atoms with E-state index in [-0.39, 0.29) is 19.1 Å². The van der Waals surface area contributed by atoms with E-state index in [4.69, 9.17) is 5.11 Å². The van der Waals surface area contributed by atoms with Crippen molar-refractivity contribution in [3.63, 3.8) is 0 Å². The summed E-state index contributed by atoms with van der Waals surface area (Å²) in [6.45, 7) is -0.0630. The van der Waals surface area contributed by atoms with E-state index >= 15 is 0 Å². The van der Waals surface area contributed by atoms with Gasteiger partial charge in [-0.2, -0.15) is 0 Å². The Morgan fingerprint density at radius 2 is 2.22 bits per heavy atom. The van der Waals surface area contributed by atoms with Crippen LogP contribution >= 0.6 is 15.9 Å². The highest BCUT2D eigenvalue weighted by molar-refractivity contribution is 9.10. The van der Waals surface area contributed by atoms with E-state index in [0.29, 0.717) is 11.5 Å². The Balaban J connectivity index is 2.04. The van der Waals surface area contributed by atoms with Gasteiger partial charge in [0.15, 0.2) is 0 Å². The molecule has 0 fully saturated rings. The molecule has 1 aromatic heterocycles. The maximum Gasteiger partial charge on any atom is 0.244 e. The van der Waals surface area contributed by atoms with Gasteiger partial charge in [0, 0.05) is 16.9 Å². The molecule has 2 rings (SSSR count). The fraction of sp³-hybridized carbons (Fsp3) is 0.167. The predicted octanol–water partition coefficient (Wildman–Crippen LogP) is 1.78. The van der Waals surface area contributed by atoms with E-state index in [1.54, 1.807) is 17.0 Å². The van der Waals surface area contributed by atoms with Crippen molar-refractivity contribution in [3.8, 4) is 0 Å². The van der Waals surface area contributed by atoms with Gasteiger partial charge in [-0.3, -0.25) is 4.79 Å². The zero-order valence-corrected chi connectivity index (χ0v) is 11.1. The first kappa shape index (κ1) is 12.8. The molecule has 2 aromatic rings. The molecule has 0 atom stereocenters. The fourth-order valence-corrected chi connectivity index (χ4v) is 1.93. The maximum atomic E-state index is 11.8. The third-order valence-corrected chi connectivity index (χ3v) is 3.10. The van der Waals surface area contributed by atoms with Crippen LogP contribution in [0.15, 0.2) is 41.1 Å². The minimum Gasteiger partial charge on any atom is -0.388 e. The molecule has 0 aliphatic rings. The van der Waals surface area contributed by atoms with E-state index in [0.717, 1.165) is 4.47 Å². The molecule has 6 heteroatoms. The van der Waals surface area contributed by atoms with Crippen LogP contribution in [-0.2, 0) is 17.9 Å². The first-order valence-corrected chi connectivity index (χ1v) is 6.15. The number of benzene rings is 1. The lowest BCUT2D eigenvalue weighted by Crippen LogP contribution is -2.20. The van der Waals surface area contributed by atoms with Crippen LogP contribution in [0.5, 0.6) is 0 Å². The van der Waals surface area contributed by atoms with Crippen LogP contribution < -0.4 is 5.32 Å². The van der Waals surface area contributed by atoms with Crippen molar-refractivity contribution in [2.24, 2.45) is 0 Å². The summed E-state index contributed by atoms with van der Waals surface area (Å²) >= 11 is 3.36. The van der Waals surface area contributed by atoms with Crippen LogP contribution in [-0.4, -0.2) is 20.6 Å². The summed E-state index contributed by atoms with van der Waals surface area (Å²) in [5.74, 6) is 0.298. The van der Waals surface area contributed by atoms with Gasteiger partial charge in [0.1, 0.15) is 19.0 Å². The first-order valence-electron chi connectivity index (χ1n) is 5.36. The number of imidazole rings is 1. The molecular formula is C12H12BrN3O2. The van der Waals surface area contributed by atoms with Crippen molar-refractivity contribution in [2.75, 3.05) is 5.32 Å². The molecule has 0 aliphatic heterocycles. The van der Waals surface area contributed by atoms with Crippen molar-refractivity contribution in [1.82, 2.24) is 9.55 Å². The molecule has 0 aliphatic carbocycles. The molecule has 0 bridgehead atoms. The van der Waals surface area contributed by atoms with Gasteiger partial charge in [0.2, 0.25) is 5.91 Å². The maximum absolute atomic E-state index is 11.8. The van der Waals surface area contributed by atoms with E-state index < -0.39 is 0 Å². The van der Waals surface area contributed by atoms with Crippen LogP contribution in [0.1, 0.15) is 5.82 Å². The smallest absolute Gasteiger partial charge is 0.244 e. The number of aliphatic hydroxyl groups excluding tert-OH is 1. The summed E-state index contributed by atoms with van der Waals surface area (Å²) in [5, 5.41) is 11.8. The zero-order chi connectivity index (χ0) is 13.0. The number of aliphatic hydroxyl groups is 1. The molecule has 2 N–H and O–H groups in total. The Morgan fingerprint density at radius 3 is 2.94 bits per heavy atom. The molecule has 5 nitrogen and oxygen atoms in total. The second kappa shape index (κ2) is 5.79. The van der Waals surface area contributed by atoms with Crippen molar-refractivity contribution in [2.45, 2.75) is 13.2 Å². The quantitative estimate of drug-likeness (QED) is 0.904. The predicted molar refractivity (Wildman–Crippen MR) is 70.9 cm³/mol. The number of halogens is 1. The number of anilines is 1. The highest BCUT2D eigenvalue weighted by Crippen LogP contribution is 2.21. The van der Waals surface area contributed by atoms with Crippen molar-refractivity contribution in [3.05, 3.63) is 47.0 Å². The second-order valence-corrected chi connectivity index (χ2v) is 4.51. The summed E-state index contributed by atoms with van der Waals surface area (Å²) in [6.07, 6.45) is 3.21. The van der Waals surface area contributed by atoms with Crippen LogP contribution in [0.25, 0.3) is 0 Å². The van der Waals surface area contributed by atoms with Crippen molar-refractivity contribution < 1.29 is 9.90 Å². The molecule has 94 valence electrons. The molecular weight excluding hydrogens is 298 g/mol. The third-order valence-electron chi connectivity index (χ3n) is 2.41. The second-order valence-electron chi connectivity index (χ2n) is 3.66. The third kappa shape index (κ3) is 2.96. The van der Waals surface area contributed by atoms with Gasteiger partial charge in [-0.1, -0.05) is 12.1 Å². The van der Waals surface area contributed by atoms with Crippen LogP contribution in [0.3, 0.4) is 0 Å². The highest BCUT2D eigenvalue weighted by atomic mass is 79.9. The fourth-order valence-electron chi connectivity index (χ4n) is 1.54. The summed E-state index contributed by atoms with van der Waals surface area (Å²) < 4.78 is 2.43. The van der Waals surface area contributed by atoms with Crippen molar-refractivity contribution in [1.29, 1.82) is 0 Å². The van der Waals surface area contributed by atoms with Gasteiger partial charge in [0.05, 0.1) is 5.69 Å². The average molecular weight is 310 g/mol. The van der Waals surface area contributed by atoms with Crippen LogP contribution in [0.4, 0.5) is 5.69 Å². The normalized spacial score (nSPS) is 10.3. The number of hydrogen-bond acceptors (Lipinski definition) is 3. The zero-order valence-electron chi connectivity index (χ0n) is 9.51. The molecule has 1 heterocycles. The molecule has 0 saturated carbocycles.